The Balaban J connectivity index is 1.80. The van der Waals surface area contributed by atoms with Crippen molar-refractivity contribution >= 4 is 11.7 Å². The van der Waals surface area contributed by atoms with Gasteiger partial charge < -0.3 is 10.2 Å². The Hall–Kier alpha value is -2.40. The van der Waals surface area contributed by atoms with E-state index < -0.39 is 0 Å². The van der Waals surface area contributed by atoms with E-state index in [1.807, 2.05) is 43.3 Å². The summed E-state index contributed by atoms with van der Waals surface area (Å²) in [6, 6.07) is 12.5. The van der Waals surface area contributed by atoms with Crippen LogP contribution in [0.25, 0.3) is 11.3 Å². The fourth-order valence-electron chi connectivity index (χ4n) is 3.83. The molecule has 0 radical (unpaired) electrons. The second kappa shape index (κ2) is 8.53. The normalized spacial score (nSPS) is 17.1. The van der Waals surface area contributed by atoms with Gasteiger partial charge in [-0.25, -0.2) is 4.98 Å². The maximum Gasteiger partial charge on any atom is 0.255 e. The molecule has 5 nitrogen and oxygen atoms in total. The second-order valence-corrected chi connectivity index (χ2v) is 7.41. The highest BCUT2D eigenvalue weighted by Gasteiger charge is 2.24. The number of nitrogens with one attached hydrogen (secondary N) is 1. The first-order valence-corrected chi connectivity index (χ1v) is 9.78. The third-order valence-corrected chi connectivity index (χ3v) is 5.37. The van der Waals surface area contributed by atoms with E-state index >= 15 is 0 Å². The van der Waals surface area contributed by atoms with Crippen LogP contribution in [0.1, 0.15) is 35.7 Å². The summed E-state index contributed by atoms with van der Waals surface area (Å²) >= 11 is 0. The van der Waals surface area contributed by atoms with Crippen molar-refractivity contribution in [1.82, 2.24) is 15.2 Å². The molecule has 1 fully saturated rings. The first-order chi connectivity index (χ1) is 13.0. The van der Waals surface area contributed by atoms with Gasteiger partial charge in [0.05, 0.1) is 11.3 Å². The van der Waals surface area contributed by atoms with Crippen LogP contribution in [0, 0.1) is 6.92 Å². The van der Waals surface area contributed by atoms with Crippen LogP contribution in [0.4, 0.5) is 5.82 Å². The third kappa shape index (κ3) is 4.30. The number of pyridine rings is 1. The molecule has 2 heterocycles. The van der Waals surface area contributed by atoms with Crippen LogP contribution in [-0.4, -0.2) is 55.6 Å². The van der Waals surface area contributed by atoms with Gasteiger partial charge in [-0.2, -0.15) is 0 Å². The molecule has 1 aliphatic rings. The van der Waals surface area contributed by atoms with Crippen LogP contribution in [-0.2, 0) is 0 Å². The predicted octanol–water partition coefficient (Wildman–Crippen LogP) is 3.34. The fourth-order valence-corrected chi connectivity index (χ4v) is 3.83. The van der Waals surface area contributed by atoms with E-state index in [9.17, 15) is 4.79 Å². The molecule has 0 aliphatic carbocycles. The summed E-state index contributed by atoms with van der Waals surface area (Å²) in [5.74, 6) is 0.650. The van der Waals surface area contributed by atoms with E-state index in [0.717, 1.165) is 30.8 Å². The highest BCUT2D eigenvalue weighted by molar-refractivity contribution is 5.99. The molecule has 3 rings (SSSR count). The Kier molecular flexibility index (Phi) is 6.11. The average Bonchev–Trinajstić information content (AvgIpc) is 3.13. The number of benzene rings is 1. The molecule has 27 heavy (non-hydrogen) atoms. The zero-order valence-corrected chi connectivity index (χ0v) is 16.8. The van der Waals surface area contributed by atoms with Gasteiger partial charge in [-0.05, 0) is 50.6 Å². The van der Waals surface area contributed by atoms with Crippen molar-refractivity contribution in [1.29, 1.82) is 0 Å². The number of rotatable bonds is 6. The zero-order valence-electron chi connectivity index (χ0n) is 16.8. The van der Waals surface area contributed by atoms with Crippen LogP contribution < -0.4 is 10.2 Å². The minimum atomic E-state index is -0.0505. The largest absolute Gasteiger partial charge is 0.362 e. The van der Waals surface area contributed by atoms with Gasteiger partial charge in [-0.3, -0.25) is 9.69 Å². The molecular weight excluding hydrogens is 336 g/mol. The highest BCUT2D eigenvalue weighted by Crippen LogP contribution is 2.26. The SMILES string of the molecule is CCN1CCCC1CNC(=O)c1ccc(-c2ccccc2C)nc1N(C)C. The van der Waals surface area contributed by atoms with E-state index in [-0.39, 0.29) is 5.91 Å². The first kappa shape index (κ1) is 19.4. The van der Waals surface area contributed by atoms with E-state index in [1.165, 1.54) is 12.0 Å². The number of carbonyl (C=O) groups is 1. The van der Waals surface area contributed by atoms with E-state index in [4.69, 9.17) is 4.98 Å². The van der Waals surface area contributed by atoms with Crippen LogP contribution in [0.5, 0.6) is 0 Å². The minimum Gasteiger partial charge on any atom is -0.362 e. The lowest BCUT2D eigenvalue weighted by Crippen LogP contribution is -2.40. The quantitative estimate of drug-likeness (QED) is 0.852. The number of hydrogen-bond donors (Lipinski definition) is 1. The van der Waals surface area contributed by atoms with Crippen molar-refractivity contribution in [3.63, 3.8) is 0 Å². The van der Waals surface area contributed by atoms with Crippen LogP contribution in [0.15, 0.2) is 36.4 Å². The van der Waals surface area contributed by atoms with Crippen molar-refractivity contribution in [2.45, 2.75) is 32.7 Å². The molecule has 1 saturated heterocycles. The third-order valence-electron chi connectivity index (χ3n) is 5.37. The zero-order chi connectivity index (χ0) is 19.4. The summed E-state index contributed by atoms with van der Waals surface area (Å²) < 4.78 is 0. The monoisotopic (exact) mass is 366 g/mol. The lowest BCUT2D eigenvalue weighted by Gasteiger charge is -2.23. The number of likely N-dealkylation sites (N-methyl/N-ethyl adjacent to an activating group) is 1. The maximum absolute atomic E-state index is 12.8. The number of aromatic nitrogens is 1. The van der Waals surface area contributed by atoms with Gasteiger partial charge in [0, 0.05) is 32.2 Å². The Morgan fingerprint density at radius 2 is 2.04 bits per heavy atom. The van der Waals surface area contributed by atoms with Gasteiger partial charge >= 0.3 is 0 Å². The van der Waals surface area contributed by atoms with Crippen LogP contribution >= 0.6 is 0 Å². The number of nitrogens with zero attached hydrogens (tertiary/aromatic N) is 3. The summed E-state index contributed by atoms with van der Waals surface area (Å²) in [6.45, 7) is 7.12. The van der Waals surface area contributed by atoms with Gasteiger partial charge in [-0.15, -0.1) is 0 Å². The van der Waals surface area contributed by atoms with Gasteiger partial charge in [-0.1, -0.05) is 31.2 Å². The van der Waals surface area contributed by atoms with Gasteiger partial charge in [0.15, 0.2) is 0 Å². The number of likely N-dealkylation sites (tertiary alicyclic amines) is 1. The number of hydrogen-bond acceptors (Lipinski definition) is 4. The van der Waals surface area contributed by atoms with Crippen molar-refractivity contribution in [3.05, 3.63) is 47.5 Å². The molecule has 0 spiro atoms. The topological polar surface area (TPSA) is 48.5 Å². The molecule has 1 atom stereocenters. The van der Waals surface area contributed by atoms with Gasteiger partial charge in [0.25, 0.3) is 5.91 Å². The van der Waals surface area contributed by atoms with E-state index in [2.05, 4.69) is 36.2 Å². The van der Waals surface area contributed by atoms with Crippen molar-refractivity contribution in [3.8, 4) is 11.3 Å². The smallest absolute Gasteiger partial charge is 0.255 e. The molecule has 0 saturated carbocycles. The Bertz CT molecular complexity index is 803. The van der Waals surface area contributed by atoms with Crippen LogP contribution in [0.3, 0.4) is 0 Å². The lowest BCUT2D eigenvalue weighted by molar-refractivity contribution is 0.0941. The molecular formula is C22H30N4O. The molecule has 1 aromatic heterocycles. The summed E-state index contributed by atoms with van der Waals surface area (Å²) in [5.41, 5.74) is 3.78. The fraction of sp³-hybridized carbons (Fsp3) is 0.455. The molecule has 1 unspecified atom stereocenters. The molecule has 1 N–H and O–H groups in total. The van der Waals surface area contributed by atoms with Crippen molar-refractivity contribution < 1.29 is 4.79 Å². The van der Waals surface area contributed by atoms with E-state index in [0.29, 0.717) is 24.0 Å². The number of anilines is 1. The summed E-state index contributed by atoms with van der Waals surface area (Å²) in [4.78, 5) is 22.0. The van der Waals surface area contributed by atoms with Crippen LogP contribution in [0.2, 0.25) is 0 Å². The van der Waals surface area contributed by atoms with Gasteiger partial charge in [0.2, 0.25) is 0 Å². The molecule has 5 heteroatoms. The molecule has 2 aromatic rings. The average molecular weight is 367 g/mol. The maximum atomic E-state index is 12.8. The van der Waals surface area contributed by atoms with Crippen molar-refractivity contribution in [2.75, 3.05) is 38.6 Å². The molecule has 1 aliphatic heterocycles. The van der Waals surface area contributed by atoms with Gasteiger partial charge in [0.1, 0.15) is 5.82 Å². The molecule has 1 aromatic carbocycles. The highest BCUT2D eigenvalue weighted by atomic mass is 16.1. The number of carbonyl (C=O) groups excluding carboxylic acids is 1. The summed E-state index contributed by atoms with van der Waals surface area (Å²) in [5, 5.41) is 3.12. The summed E-state index contributed by atoms with van der Waals surface area (Å²) in [6.07, 6.45) is 2.36. The first-order valence-electron chi connectivity index (χ1n) is 9.78. The van der Waals surface area contributed by atoms with E-state index in [1.54, 1.807) is 0 Å². The standard InChI is InChI=1S/C22H30N4O/c1-5-26-14-8-10-17(26)15-23-22(27)19-12-13-20(24-21(19)25(3)4)18-11-7-6-9-16(18)2/h6-7,9,11-13,17H,5,8,10,14-15H2,1-4H3,(H,23,27). The lowest BCUT2D eigenvalue weighted by atomic mass is 10.0. The predicted molar refractivity (Wildman–Crippen MR) is 111 cm³/mol. The molecule has 0 bridgehead atoms. The Morgan fingerprint density at radius 3 is 2.74 bits per heavy atom. The minimum absolute atomic E-state index is 0.0505. The Morgan fingerprint density at radius 1 is 1.26 bits per heavy atom. The second-order valence-electron chi connectivity index (χ2n) is 7.41. The number of aryl methyl sites for hydroxylation is 1. The number of amides is 1. The Labute approximate surface area is 162 Å². The van der Waals surface area contributed by atoms with Crippen molar-refractivity contribution in [2.24, 2.45) is 0 Å². The molecule has 1 amide bonds. The molecule has 144 valence electrons. The summed E-state index contributed by atoms with van der Waals surface area (Å²) in [7, 11) is 3.85.